The van der Waals surface area contributed by atoms with Crippen molar-refractivity contribution in [3.05, 3.63) is 56.7 Å². The zero-order chi connectivity index (χ0) is 22.2. The SMILES string of the molecule is COCCCN(C(=O)C[NH+]1CCCCC1)c1c(N)n(Cc2ccccc2)c(=O)[nH]c1=O. The number of amides is 1. The number of hydrogen-bond acceptors (Lipinski definition) is 5. The van der Waals surface area contributed by atoms with Gasteiger partial charge in [0, 0.05) is 20.3 Å². The molecule has 0 radical (unpaired) electrons. The highest BCUT2D eigenvalue weighted by Gasteiger charge is 2.27. The Morgan fingerprint density at radius 1 is 1.19 bits per heavy atom. The van der Waals surface area contributed by atoms with E-state index in [1.54, 1.807) is 7.11 Å². The number of quaternary nitrogens is 1. The zero-order valence-electron chi connectivity index (χ0n) is 18.1. The van der Waals surface area contributed by atoms with E-state index in [2.05, 4.69) is 4.98 Å². The molecule has 0 aliphatic carbocycles. The largest absolute Gasteiger partial charge is 0.385 e. The summed E-state index contributed by atoms with van der Waals surface area (Å²) < 4.78 is 6.43. The molecular weight excluding hydrogens is 398 g/mol. The first-order valence-corrected chi connectivity index (χ1v) is 10.8. The van der Waals surface area contributed by atoms with Crippen LogP contribution >= 0.6 is 0 Å². The van der Waals surface area contributed by atoms with Crippen LogP contribution in [0.2, 0.25) is 0 Å². The molecule has 4 N–H and O–H groups in total. The van der Waals surface area contributed by atoms with Crippen molar-refractivity contribution in [1.29, 1.82) is 0 Å². The summed E-state index contributed by atoms with van der Waals surface area (Å²) in [4.78, 5) is 43.4. The van der Waals surface area contributed by atoms with Crippen LogP contribution in [0.4, 0.5) is 11.5 Å². The number of nitrogens with zero attached hydrogens (tertiary/aromatic N) is 2. The number of aromatic amines is 1. The van der Waals surface area contributed by atoms with Gasteiger partial charge in [-0.05, 0) is 31.2 Å². The number of nitrogens with one attached hydrogen (secondary N) is 2. The maximum Gasteiger partial charge on any atom is 0.330 e. The number of anilines is 2. The summed E-state index contributed by atoms with van der Waals surface area (Å²) in [6.07, 6.45) is 3.93. The molecule has 2 heterocycles. The predicted octanol–water partition coefficient (Wildman–Crippen LogP) is -0.395. The van der Waals surface area contributed by atoms with Gasteiger partial charge in [-0.15, -0.1) is 0 Å². The molecule has 1 aromatic heterocycles. The number of ether oxygens (including phenoxy) is 1. The summed E-state index contributed by atoms with van der Waals surface area (Å²) >= 11 is 0. The van der Waals surface area contributed by atoms with Crippen molar-refractivity contribution in [2.45, 2.75) is 32.2 Å². The Balaban J connectivity index is 1.94. The number of benzene rings is 1. The van der Waals surface area contributed by atoms with Crippen molar-refractivity contribution in [1.82, 2.24) is 9.55 Å². The zero-order valence-corrected chi connectivity index (χ0v) is 18.1. The average molecular weight is 431 g/mol. The summed E-state index contributed by atoms with van der Waals surface area (Å²) in [6.45, 7) is 3.11. The van der Waals surface area contributed by atoms with Gasteiger partial charge in [-0.25, -0.2) is 4.79 Å². The number of nitrogen functional groups attached to an aromatic ring is 1. The number of H-pyrrole nitrogens is 1. The van der Waals surface area contributed by atoms with Crippen LogP contribution in [0.15, 0.2) is 39.9 Å². The Hall–Kier alpha value is -2.91. The molecule has 1 aliphatic heterocycles. The molecule has 168 valence electrons. The Labute approximate surface area is 181 Å². The third-order valence-corrected chi connectivity index (χ3v) is 5.66. The van der Waals surface area contributed by atoms with E-state index in [9.17, 15) is 14.4 Å². The lowest BCUT2D eigenvalue weighted by Crippen LogP contribution is -3.14. The number of carbonyl (C=O) groups excluding carboxylic acids is 1. The quantitative estimate of drug-likeness (QED) is 0.469. The molecule has 1 aromatic carbocycles. The third-order valence-electron chi connectivity index (χ3n) is 5.66. The second-order valence-corrected chi connectivity index (χ2v) is 7.94. The van der Waals surface area contributed by atoms with Gasteiger partial charge in [0.25, 0.3) is 11.5 Å². The van der Waals surface area contributed by atoms with Crippen molar-refractivity contribution < 1.29 is 14.4 Å². The van der Waals surface area contributed by atoms with Crippen molar-refractivity contribution in [3.8, 4) is 0 Å². The van der Waals surface area contributed by atoms with Gasteiger partial charge in [0.1, 0.15) is 5.82 Å². The Morgan fingerprint density at radius 3 is 2.58 bits per heavy atom. The molecule has 1 aliphatic rings. The van der Waals surface area contributed by atoms with Gasteiger partial charge in [0.2, 0.25) is 0 Å². The van der Waals surface area contributed by atoms with Crippen LogP contribution in [0.5, 0.6) is 0 Å². The lowest BCUT2D eigenvalue weighted by atomic mass is 10.1. The molecule has 2 aromatic rings. The molecule has 0 atom stereocenters. The van der Waals surface area contributed by atoms with E-state index in [1.165, 1.54) is 20.8 Å². The lowest BCUT2D eigenvalue weighted by Gasteiger charge is -2.28. The summed E-state index contributed by atoms with van der Waals surface area (Å²) in [5, 5.41) is 0. The van der Waals surface area contributed by atoms with Crippen LogP contribution in [0, 0.1) is 0 Å². The number of aromatic nitrogens is 2. The first-order chi connectivity index (χ1) is 15.0. The van der Waals surface area contributed by atoms with Crippen LogP contribution in [0.1, 0.15) is 31.2 Å². The highest BCUT2D eigenvalue weighted by molar-refractivity contribution is 5.96. The van der Waals surface area contributed by atoms with E-state index in [4.69, 9.17) is 10.5 Å². The minimum Gasteiger partial charge on any atom is -0.385 e. The van der Waals surface area contributed by atoms with Crippen LogP contribution in [0.25, 0.3) is 0 Å². The predicted molar refractivity (Wildman–Crippen MR) is 120 cm³/mol. The maximum absolute atomic E-state index is 13.2. The van der Waals surface area contributed by atoms with Gasteiger partial charge in [-0.1, -0.05) is 30.3 Å². The van der Waals surface area contributed by atoms with Crippen LogP contribution in [-0.4, -0.2) is 55.4 Å². The summed E-state index contributed by atoms with van der Waals surface area (Å²) in [7, 11) is 1.59. The highest BCUT2D eigenvalue weighted by atomic mass is 16.5. The standard InChI is InChI=1S/C22H31N5O4/c1-31-14-8-13-26(18(28)16-25-11-6-3-7-12-25)19-20(23)27(22(30)24-21(19)29)15-17-9-4-2-5-10-17/h2,4-5,9-10H,3,6-8,11-16,23H2,1H3,(H,24,29,30)/p+1. The van der Waals surface area contributed by atoms with Gasteiger partial charge < -0.3 is 15.4 Å². The lowest BCUT2D eigenvalue weighted by molar-refractivity contribution is -0.896. The maximum atomic E-state index is 13.2. The molecule has 1 saturated heterocycles. The molecule has 0 unspecified atom stereocenters. The number of hydrogen-bond donors (Lipinski definition) is 3. The van der Waals surface area contributed by atoms with Crippen LogP contribution < -0.4 is 26.8 Å². The van der Waals surface area contributed by atoms with Gasteiger partial charge in [0.15, 0.2) is 12.2 Å². The summed E-state index contributed by atoms with van der Waals surface area (Å²) in [6, 6.07) is 9.36. The van der Waals surface area contributed by atoms with E-state index < -0.39 is 11.2 Å². The number of piperidine rings is 1. The molecule has 9 heteroatoms. The minimum atomic E-state index is -0.647. The first-order valence-electron chi connectivity index (χ1n) is 10.8. The fraction of sp³-hybridized carbons (Fsp3) is 0.500. The second-order valence-electron chi connectivity index (χ2n) is 7.94. The molecule has 0 bridgehead atoms. The fourth-order valence-electron chi connectivity index (χ4n) is 4.03. The van der Waals surface area contributed by atoms with E-state index in [1.807, 2.05) is 30.3 Å². The van der Waals surface area contributed by atoms with Crippen molar-refractivity contribution in [2.75, 3.05) is 50.5 Å². The topological polar surface area (TPSA) is 115 Å². The fourth-order valence-corrected chi connectivity index (χ4v) is 4.03. The smallest absolute Gasteiger partial charge is 0.330 e. The molecule has 9 nitrogen and oxygen atoms in total. The van der Waals surface area contributed by atoms with Gasteiger partial charge in [-0.3, -0.25) is 24.0 Å². The second kappa shape index (κ2) is 10.9. The number of likely N-dealkylation sites (tertiary alicyclic amines) is 1. The van der Waals surface area contributed by atoms with Crippen molar-refractivity contribution in [2.24, 2.45) is 0 Å². The van der Waals surface area contributed by atoms with Gasteiger partial charge >= 0.3 is 5.69 Å². The monoisotopic (exact) mass is 430 g/mol. The molecule has 1 fully saturated rings. The molecule has 3 rings (SSSR count). The molecular formula is C22H32N5O4+. The molecule has 0 saturated carbocycles. The van der Waals surface area contributed by atoms with E-state index in [0.717, 1.165) is 31.5 Å². The summed E-state index contributed by atoms with van der Waals surface area (Å²) in [5.41, 5.74) is 5.98. The molecule has 1 amide bonds. The highest BCUT2D eigenvalue weighted by Crippen LogP contribution is 2.18. The van der Waals surface area contributed by atoms with Crippen molar-refractivity contribution >= 4 is 17.4 Å². The number of methoxy groups -OCH3 is 1. The first kappa shape index (κ1) is 22.8. The Morgan fingerprint density at radius 2 is 1.90 bits per heavy atom. The minimum absolute atomic E-state index is 0.00276. The van der Waals surface area contributed by atoms with Gasteiger partial charge in [0.05, 0.1) is 19.6 Å². The van der Waals surface area contributed by atoms with E-state index in [0.29, 0.717) is 19.6 Å². The average Bonchev–Trinajstić information content (AvgIpc) is 2.77. The number of carbonyl (C=O) groups is 1. The normalized spacial score (nSPS) is 14.5. The molecule has 0 spiro atoms. The van der Waals surface area contributed by atoms with Gasteiger partial charge in [-0.2, -0.15) is 0 Å². The number of nitrogens with two attached hydrogens (primary N) is 1. The molecule has 31 heavy (non-hydrogen) atoms. The van der Waals surface area contributed by atoms with E-state index in [-0.39, 0.29) is 30.5 Å². The van der Waals surface area contributed by atoms with E-state index >= 15 is 0 Å². The van der Waals surface area contributed by atoms with Crippen molar-refractivity contribution in [3.63, 3.8) is 0 Å². The third kappa shape index (κ3) is 5.83. The van der Waals surface area contributed by atoms with Crippen LogP contribution in [-0.2, 0) is 16.1 Å². The summed E-state index contributed by atoms with van der Waals surface area (Å²) in [5.74, 6) is -0.174. The Bertz CT molecular complexity index is 980. The Kier molecular flexibility index (Phi) is 8.02. The van der Waals surface area contributed by atoms with Crippen LogP contribution in [0.3, 0.4) is 0 Å². The number of rotatable bonds is 9.